The van der Waals surface area contributed by atoms with Gasteiger partial charge in [-0.2, -0.15) is 0 Å². The van der Waals surface area contributed by atoms with Gasteiger partial charge in [-0.25, -0.2) is 0 Å². The van der Waals surface area contributed by atoms with Crippen molar-refractivity contribution in [1.82, 2.24) is 9.80 Å². The predicted molar refractivity (Wildman–Crippen MR) is 101 cm³/mol. The lowest BCUT2D eigenvalue weighted by Gasteiger charge is -2.21. The van der Waals surface area contributed by atoms with E-state index in [1.54, 1.807) is 4.90 Å². The van der Waals surface area contributed by atoms with Crippen LogP contribution in [0.4, 0.5) is 0 Å². The number of fused-ring (bicyclic) bond motifs is 1. The van der Waals surface area contributed by atoms with Gasteiger partial charge in [0, 0.05) is 26.2 Å². The molecule has 1 aromatic heterocycles. The van der Waals surface area contributed by atoms with Crippen molar-refractivity contribution in [2.45, 2.75) is 6.42 Å². The van der Waals surface area contributed by atoms with Crippen molar-refractivity contribution in [3.8, 4) is 0 Å². The molecule has 2 N–H and O–H groups in total. The fraction of sp³-hybridized carbons (Fsp3) is 0.381. The number of likely N-dealkylation sites (tertiary alicyclic amines) is 2. The lowest BCUT2D eigenvalue weighted by atomic mass is 10.0. The second-order valence-corrected chi connectivity index (χ2v) is 7.42. The highest BCUT2D eigenvalue weighted by Crippen LogP contribution is 2.32. The highest BCUT2D eigenvalue weighted by molar-refractivity contribution is 6.04. The van der Waals surface area contributed by atoms with E-state index < -0.39 is 5.91 Å². The molecule has 6 nitrogen and oxygen atoms in total. The Bertz CT molecular complexity index is 803. The third-order valence-electron chi connectivity index (χ3n) is 5.60. The summed E-state index contributed by atoms with van der Waals surface area (Å²) >= 11 is 0. The number of benzene rings is 1. The maximum atomic E-state index is 12.7. The Balaban J connectivity index is 1.27. The molecule has 1 aromatic carbocycles. The zero-order chi connectivity index (χ0) is 18.8. The SMILES string of the molecule is NC(=O)c1ccoc1C(=O)N1CC2CN(CC[CH]c3ccccc3)C[C@H]2C1. The number of hydrogen-bond donors (Lipinski definition) is 1. The molecule has 6 heteroatoms. The first kappa shape index (κ1) is 17.8. The molecule has 2 atom stereocenters. The first-order valence-corrected chi connectivity index (χ1v) is 9.39. The van der Waals surface area contributed by atoms with Crippen LogP contribution in [0.5, 0.6) is 0 Å². The summed E-state index contributed by atoms with van der Waals surface area (Å²) in [4.78, 5) is 28.4. The molecule has 141 valence electrons. The Hall–Kier alpha value is -2.60. The van der Waals surface area contributed by atoms with Gasteiger partial charge in [0.2, 0.25) is 5.76 Å². The molecular weight excluding hydrogens is 342 g/mol. The van der Waals surface area contributed by atoms with Crippen LogP contribution in [-0.4, -0.2) is 54.3 Å². The van der Waals surface area contributed by atoms with Gasteiger partial charge in [-0.1, -0.05) is 30.3 Å². The molecule has 2 saturated heterocycles. The highest BCUT2D eigenvalue weighted by atomic mass is 16.3. The van der Waals surface area contributed by atoms with Crippen molar-refractivity contribution < 1.29 is 14.0 Å². The van der Waals surface area contributed by atoms with Crippen LogP contribution < -0.4 is 5.73 Å². The molecule has 2 aromatic rings. The summed E-state index contributed by atoms with van der Waals surface area (Å²) < 4.78 is 5.23. The standard InChI is InChI=1S/C21H24N3O3/c22-20(25)18-8-10-27-19(18)21(26)24-13-16-11-23(12-17(16)14-24)9-4-7-15-5-2-1-3-6-15/h1-3,5-8,10,16-17H,4,9,11-14H2,(H2,22,25)/t16-,17?/m0/s1. The summed E-state index contributed by atoms with van der Waals surface area (Å²) in [5.41, 5.74) is 6.74. The maximum Gasteiger partial charge on any atom is 0.290 e. The molecule has 2 aliphatic rings. The minimum atomic E-state index is -0.632. The Morgan fingerprint density at radius 2 is 1.78 bits per heavy atom. The summed E-state index contributed by atoms with van der Waals surface area (Å²) in [6.45, 7) is 4.48. The number of furan rings is 1. The normalized spacial score (nSPS) is 22.1. The van der Waals surface area contributed by atoms with Crippen LogP contribution in [0.25, 0.3) is 0 Å². The Morgan fingerprint density at radius 3 is 2.44 bits per heavy atom. The molecule has 1 unspecified atom stereocenters. The third kappa shape index (κ3) is 3.76. The fourth-order valence-corrected chi connectivity index (χ4v) is 4.25. The number of primary amides is 1. The summed E-state index contributed by atoms with van der Waals surface area (Å²) in [5, 5.41) is 0. The topological polar surface area (TPSA) is 79.8 Å². The molecule has 2 amide bonds. The average Bonchev–Trinajstić information content (AvgIpc) is 3.36. The maximum absolute atomic E-state index is 12.7. The quantitative estimate of drug-likeness (QED) is 0.848. The lowest BCUT2D eigenvalue weighted by molar-refractivity contribution is 0.0736. The molecule has 4 rings (SSSR count). The zero-order valence-electron chi connectivity index (χ0n) is 15.2. The second-order valence-electron chi connectivity index (χ2n) is 7.42. The van der Waals surface area contributed by atoms with E-state index in [2.05, 4.69) is 35.6 Å². The van der Waals surface area contributed by atoms with E-state index in [1.165, 1.54) is 17.9 Å². The average molecular weight is 366 g/mol. The lowest BCUT2D eigenvalue weighted by Crippen LogP contribution is -2.34. The number of rotatable bonds is 6. The van der Waals surface area contributed by atoms with E-state index in [4.69, 9.17) is 10.2 Å². The Labute approximate surface area is 158 Å². The van der Waals surface area contributed by atoms with Crippen molar-refractivity contribution in [1.29, 1.82) is 0 Å². The van der Waals surface area contributed by atoms with Crippen molar-refractivity contribution in [2.75, 3.05) is 32.7 Å². The smallest absolute Gasteiger partial charge is 0.290 e. The molecular formula is C21H24N3O3. The minimum Gasteiger partial charge on any atom is -0.458 e. The van der Waals surface area contributed by atoms with Crippen molar-refractivity contribution in [3.63, 3.8) is 0 Å². The number of nitrogens with zero attached hydrogens (tertiary/aromatic N) is 2. The molecule has 2 aliphatic heterocycles. The number of nitrogens with two attached hydrogens (primary N) is 1. The van der Waals surface area contributed by atoms with Gasteiger partial charge >= 0.3 is 0 Å². The highest BCUT2D eigenvalue weighted by Gasteiger charge is 2.42. The summed E-state index contributed by atoms with van der Waals surface area (Å²) in [6.07, 6.45) is 4.64. The fourth-order valence-electron chi connectivity index (χ4n) is 4.25. The largest absolute Gasteiger partial charge is 0.458 e. The molecule has 0 bridgehead atoms. The summed E-state index contributed by atoms with van der Waals surface area (Å²) in [7, 11) is 0. The molecule has 1 radical (unpaired) electrons. The third-order valence-corrected chi connectivity index (χ3v) is 5.60. The molecule has 27 heavy (non-hydrogen) atoms. The summed E-state index contributed by atoms with van der Waals surface area (Å²) in [5.74, 6) is 0.173. The van der Waals surface area contributed by atoms with Gasteiger partial charge in [0.25, 0.3) is 11.8 Å². The predicted octanol–water partition coefficient (Wildman–Crippen LogP) is 2.02. The molecule has 0 spiro atoms. The molecule has 3 heterocycles. The van der Waals surface area contributed by atoms with E-state index in [9.17, 15) is 9.59 Å². The van der Waals surface area contributed by atoms with Crippen molar-refractivity contribution in [2.24, 2.45) is 17.6 Å². The molecule has 0 aliphatic carbocycles. The van der Waals surface area contributed by atoms with E-state index in [-0.39, 0.29) is 17.2 Å². The van der Waals surface area contributed by atoms with E-state index in [0.29, 0.717) is 24.9 Å². The molecule has 0 saturated carbocycles. The van der Waals surface area contributed by atoms with Crippen LogP contribution in [-0.2, 0) is 0 Å². The van der Waals surface area contributed by atoms with Crippen LogP contribution in [0.3, 0.4) is 0 Å². The monoisotopic (exact) mass is 366 g/mol. The Kier molecular flexibility index (Phi) is 4.99. The van der Waals surface area contributed by atoms with Crippen LogP contribution in [0.2, 0.25) is 0 Å². The van der Waals surface area contributed by atoms with E-state index in [1.807, 2.05) is 6.07 Å². The van der Waals surface area contributed by atoms with E-state index in [0.717, 1.165) is 26.1 Å². The van der Waals surface area contributed by atoms with Gasteiger partial charge in [0.15, 0.2) is 0 Å². The second kappa shape index (κ2) is 7.56. The Morgan fingerprint density at radius 1 is 1.07 bits per heavy atom. The van der Waals surface area contributed by atoms with Gasteiger partial charge in [0.1, 0.15) is 0 Å². The number of carbonyl (C=O) groups is 2. The van der Waals surface area contributed by atoms with Gasteiger partial charge in [-0.3, -0.25) is 9.59 Å². The van der Waals surface area contributed by atoms with Gasteiger partial charge in [0.05, 0.1) is 11.8 Å². The number of hydrogen-bond acceptors (Lipinski definition) is 4. The first-order chi connectivity index (χ1) is 13.1. The minimum absolute atomic E-state index is 0.0665. The first-order valence-electron chi connectivity index (χ1n) is 9.39. The van der Waals surface area contributed by atoms with E-state index >= 15 is 0 Å². The van der Waals surface area contributed by atoms with Gasteiger partial charge in [-0.15, -0.1) is 0 Å². The van der Waals surface area contributed by atoms with Crippen molar-refractivity contribution in [3.05, 3.63) is 66.0 Å². The van der Waals surface area contributed by atoms with Crippen LogP contribution in [0, 0.1) is 18.3 Å². The summed E-state index contributed by atoms with van der Waals surface area (Å²) in [6, 6.07) is 11.8. The molecule has 2 fully saturated rings. The van der Waals surface area contributed by atoms with Crippen LogP contribution >= 0.6 is 0 Å². The van der Waals surface area contributed by atoms with Crippen LogP contribution in [0.15, 0.2) is 47.1 Å². The van der Waals surface area contributed by atoms with Crippen LogP contribution in [0.1, 0.15) is 32.9 Å². The van der Waals surface area contributed by atoms with Crippen molar-refractivity contribution >= 4 is 11.8 Å². The number of carbonyl (C=O) groups excluding carboxylic acids is 2. The van der Waals surface area contributed by atoms with Gasteiger partial charge < -0.3 is 20.0 Å². The van der Waals surface area contributed by atoms with Gasteiger partial charge in [-0.05, 0) is 42.9 Å². The zero-order valence-corrected chi connectivity index (χ0v) is 15.2. The number of amides is 2.